The summed E-state index contributed by atoms with van der Waals surface area (Å²) in [4.78, 5) is 15.3. The maximum atomic E-state index is 12.8. The van der Waals surface area contributed by atoms with Gasteiger partial charge in [-0.15, -0.1) is 11.6 Å². The molecule has 0 spiro atoms. The number of benzene rings is 2. The van der Waals surface area contributed by atoms with Crippen LogP contribution in [-0.2, 0) is 12.5 Å². The average molecular weight is 356 g/mol. The molecule has 1 aliphatic heterocycles. The maximum absolute atomic E-state index is 12.8. The molecule has 2 aromatic carbocycles. The molecule has 1 aliphatic rings. The minimum absolute atomic E-state index is 0.0118. The second-order valence-corrected chi connectivity index (χ2v) is 6.92. The predicted octanol–water partition coefficient (Wildman–Crippen LogP) is 3.84. The number of halogens is 1. The van der Waals surface area contributed by atoms with Crippen molar-refractivity contribution in [1.82, 2.24) is 14.0 Å². The van der Waals surface area contributed by atoms with Crippen molar-refractivity contribution in [3.05, 3.63) is 70.6 Å². The molecule has 0 bridgehead atoms. The standard InChI is InChI=1S/C20H22ClN3O/c21-15-23-18-8-4-5-9-19(18)24(20(23)25)17-10-12-22(13-11-17)14-16-6-2-1-3-7-16/h1-9,17H,10-15H2. The summed E-state index contributed by atoms with van der Waals surface area (Å²) in [5, 5.41) is 0. The molecule has 4 rings (SSSR count). The van der Waals surface area contributed by atoms with Crippen LogP contribution in [0.2, 0.25) is 0 Å². The van der Waals surface area contributed by atoms with Gasteiger partial charge in [-0.25, -0.2) is 4.79 Å². The zero-order valence-corrected chi connectivity index (χ0v) is 14.9. The van der Waals surface area contributed by atoms with Crippen LogP contribution in [0.4, 0.5) is 0 Å². The number of rotatable bonds is 4. The number of para-hydroxylation sites is 2. The van der Waals surface area contributed by atoms with Crippen molar-refractivity contribution in [2.75, 3.05) is 13.1 Å². The molecular weight excluding hydrogens is 334 g/mol. The van der Waals surface area contributed by atoms with E-state index in [0.29, 0.717) is 0 Å². The number of hydrogen-bond donors (Lipinski definition) is 0. The fourth-order valence-corrected chi connectivity index (χ4v) is 4.11. The van der Waals surface area contributed by atoms with Crippen LogP contribution >= 0.6 is 11.6 Å². The first-order chi connectivity index (χ1) is 12.3. The van der Waals surface area contributed by atoms with Crippen molar-refractivity contribution in [2.24, 2.45) is 0 Å². The SMILES string of the molecule is O=c1n(CCl)c2ccccc2n1C1CCN(Cc2ccccc2)CC1. The van der Waals surface area contributed by atoms with Gasteiger partial charge in [-0.05, 0) is 30.5 Å². The van der Waals surface area contributed by atoms with E-state index in [-0.39, 0.29) is 17.7 Å². The highest BCUT2D eigenvalue weighted by Gasteiger charge is 2.24. The smallest absolute Gasteiger partial charge is 0.299 e. The fraction of sp³-hybridized carbons (Fsp3) is 0.350. The topological polar surface area (TPSA) is 30.2 Å². The number of hydrogen-bond acceptors (Lipinski definition) is 2. The highest BCUT2D eigenvalue weighted by Crippen LogP contribution is 2.26. The molecule has 130 valence electrons. The molecule has 0 atom stereocenters. The second-order valence-electron chi connectivity index (χ2n) is 6.68. The summed E-state index contributed by atoms with van der Waals surface area (Å²) in [6.07, 6.45) is 1.98. The first-order valence-corrected chi connectivity index (χ1v) is 9.33. The Hall–Kier alpha value is -2.04. The van der Waals surface area contributed by atoms with Crippen LogP contribution in [0.15, 0.2) is 59.4 Å². The molecule has 1 aromatic heterocycles. The average Bonchev–Trinajstić information content (AvgIpc) is 2.94. The van der Waals surface area contributed by atoms with E-state index < -0.39 is 0 Å². The van der Waals surface area contributed by atoms with Gasteiger partial charge in [0.25, 0.3) is 0 Å². The van der Waals surface area contributed by atoms with E-state index in [1.807, 2.05) is 28.8 Å². The largest absolute Gasteiger partial charge is 0.330 e. The first-order valence-electron chi connectivity index (χ1n) is 8.80. The number of fused-ring (bicyclic) bond motifs is 1. The van der Waals surface area contributed by atoms with Crippen LogP contribution in [0.1, 0.15) is 24.4 Å². The van der Waals surface area contributed by atoms with E-state index in [4.69, 9.17) is 11.6 Å². The van der Waals surface area contributed by atoms with Crippen LogP contribution in [0.25, 0.3) is 11.0 Å². The molecule has 4 nitrogen and oxygen atoms in total. The van der Waals surface area contributed by atoms with Crippen molar-refractivity contribution in [2.45, 2.75) is 31.4 Å². The molecule has 0 N–H and O–H groups in total. The highest BCUT2D eigenvalue weighted by atomic mass is 35.5. The summed E-state index contributed by atoms with van der Waals surface area (Å²) >= 11 is 6.02. The summed E-state index contributed by atoms with van der Waals surface area (Å²) < 4.78 is 3.62. The van der Waals surface area contributed by atoms with E-state index in [1.165, 1.54) is 5.56 Å². The molecule has 3 aromatic rings. The Kier molecular flexibility index (Phi) is 4.64. The number of alkyl halides is 1. The molecule has 25 heavy (non-hydrogen) atoms. The Labute approximate surface area is 152 Å². The molecule has 0 amide bonds. The fourth-order valence-electron chi connectivity index (χ4n) is 3.88. The van der Waals surface area contributed by atoms with Crippen LogP contribution < -0.4 is 5.69 Å². The minimum atomic E-state index is 0.0118. The molecule has 0 unspecified atom stereocenters. The lowest BCUT2D eigenvalue weighted by molar-refractivity contribution is 0.179. The third-order valence-electron chi connectivity index (χ3n) is 5.16. The Bertz CT molecular complexity index is 908. The quantitative estimate of drug-likeness (QED) is 0.666. The van der Waals surface area contributed by atoms with E-state index in [2.05, 4.69) is 35.2 Å². The highest BCUT2D eigenvalue weighted by molar-refractivity contribution is 6.15. The van der Waals surface area contributed by atoms with Crippen molar-refractivity contribution in [3.63, 3.8) is 0 Å². The summed E-state index contributed by atoms with van der Waals surface area (Å²) in [5.41, 5.74) is 3.28. The molecule has 5 heteroatoms. The normalized spacial score (nSPS) is 16.5. The Morgan fingerprint density at radius 2 is 1.56 bits per heavy atom. The Morgan fingerprint density at radius 3 is 2.24 bits per heavy atom. The van der Waals surface area contributed by atoms with Gasteiger partial charge in [0.2, 0.25) is 0 Å². The number of aromatic nitrogens is 2. The van der Waals surface area contributed by atoms with Crippen LogP contribution in [-0.4, -0.2) is 27.1 Å². The zero-order chi connectivity index (χ0) is 17.2. The van der Waals surface area contributed by atoms with Gasteiger partial charge in [0.1, 0.15) is 6.00 Å². The molecular formula is C20H22ClN3O. The van der Waals surface area contributed by atoms with E-state index in [9.17, 15) is 4.79 Å². The van der Waals surface area contributed by atoms with Crippen molar-refractivity contribution >= 4 is 22.6 Å². The van der Waals surface area contributed by atoms with Gasteiger partial charge in [-0.1, -0.05) is 42.5 Å². The maximum Gasteiger partial charge on any atom is 0.330 e. The van der Waals surface area contributed by atoms with Gasteiger partial charge in [-0.3, -0.25) is 14.0 Å². The van der Waals surface area contributed by atoms with E-state index >= 15 is 0 Å². The molecule has 0 aliphatic carbocycles. The third kappa shape index (κ3) is 3.12. The number of likely N-dealkylation sites (tertiary alicyclic amines) is 1. The van der Waals surface area contributed by atoms with Crippen molar-refractivity contribution < 1.29 is 0 Å². The Morgan fingerprint density at radius 1 is 0.920 bits per heavy atom. The van der Waals surface area contributed by atoms with Crippen LogP contribution in [0.3, 0.4) is 0 Å². The minimum Gasteiger partial charge on any atom is -0.299 e. The summed E-state index contributed by atoms with van der Waals surface area (Å²) in [7, 11) is 0. The molecule has 1 fully saturated rings. The van der Waals surface area contributed by atoms with E-state index in [1.54, 1.807) is 4.57 Å². The van der Waals surface area contributed by atoms with Crippen LogP contribution in [0.5, 0.6) is 0 Å². The molecule has 1 saturated heterocycles. The lowest BCUT2D eigenvalue weighted by atomic mass is 10.0. The van der Waals surface area contributed by atoms with Gasteiger partial charge < -0.3 is 0 Å². The number of nitrogens with zero attached hydrogens (tertiary/aromatic N) is 3. The van der Waals surface area contributed by atoms with Gasteiger partial charge in [0, 0.05) is 25.7 Å². The predicted molar refractivity (Wildman–Crippen MR) is 102 cm³/mol. The lowest BCUT2D eigenvalue weighted by Crippen LogP contribution is -2.37. The summed E-state index contributed by atoms with van der Waals surface area (Å²) in [6, 6.07) is 18.9. The number of imidazole rings is 1. The monoisotopic (exact) mass is 355 g/mol. The summed E-state index contributed by atoms with van der Waals surface area (Å²) in [5.74, 6) is 0. The van der Waals surface area contributed by atoms with Gasteiger partial charge in [0.05, 0.1) is 11.0 Å². The van der Waals surface area contributed by atoms with Crippen molar-refractivity contribution in [1.29, 1.82) is 0 Å². The molecule has 2 heterocycles. The molecule has 0 saturated carbocycles. The van der Waals surface area contributed by atoms with Gasteiger partial charge in [-0.2, -0.15) is 0 Å². The van der Waals surface area contributed by atoms with Crippen LogP contribution in [0, 0.1) is 0 Å². The second kappa shape index (κ2) is 7.06. The van der Waals surface area contributed by atoms with Gasteiger partial charge >= 0.3 is 5.69 Å². The van der Waals surface area contributed by atoms with E-state index in [0.717, 1.165) is 43.5 Å². The zero-order valence-electron chi connectivity index (χ0n) is 14.1. The number of piperidine rings is 1. The lowest BCUT2D eigenvalue weighted by Gasteiger charge is -2.32. The van der Waals surface area contributed by atoms with Crippen molar-refractivity contribution in [3.8, 4) is 0 Å². The van der Waals surface area contributed by atoms with Gasteiger partial charge in [0.15, 0.2) is 0 Å². The molecule has 0 radical (unpaired) electrons. The third-order valence-corrected chi connectivity index (χ3v) is 5.40. The Balaban J connectivity index is 1.54. The summed E-state index contributed by atoms with van der Waals surface area (Å²) in [6.45, 7) is 2.99. The first kappa shape index (κ1) is 16.4.